The number of hydrogen-bond acceptors (Lipinski definition) is 4. The molecular weight excluding hydrogens is 356 g/mol. The van der Waals surface area contributed by atoms with Crippen LogP contribution in [0.3, 0.4) is 0 Å². The van der Waals surface area contributed by atoms with Crippen molar-refractivity contribution in [3.05, 3.63) is 45.3 Å². The topological polar surface area (TPSA) is 62.1 Å². The van der Waals surface area contributed by atoms with Crippen molar-refractivity contribution in [2.24, 2.45) is 5.92 Å². The van der Waals surface area contributed by atoms with Crippen molar-refractivity contribution in [2.45, 2.75) is 59.5 Å². The third kappa shape index (κ3) is 4.17. The number of fused-ring (bicyclic) bond motifs is 1. The Bertz CT molecular complexity index is 894. The molecule has 0 fully saturated rings. The van der Waals surface area contributed by atoms with Crippen molar-refractivity contribution in [1.82, 2.24) is 0 Å². The minimum absolute atomic E-state index is 0.195. The van der Waals surface area contributed by atoms with E-state index in [2.05, 4.69) is 18.3 Å². The second kappa shape index (κ2) is 8.14. The molecular formula is C22H26N2O2S. The first kappa shape index (κ1) is 19.4. The van der Waals surface area contributed by atoms with Gasteiger partial charge in [0, 0.05) is 4.88 Å². The van der Waals surface area contributed by atoms with Crippen LogP contribution in [-0.2, 0) is 17.6 Å². The zero-order valence-corrected chi connectivity index (χ0v) is 17.2. The third-order valence-corrected chi connectivity index (χ3v) is 6.45. The molecule has 0 aliphatic heterocycles. The van der Waals surface area contributed by atoms with E-state index in [-0.39, 0.29) is 5.91 Å². The van der Waals surface area contributed by atoms with Crippen LogP contribution in [0.1, 0.15) is 53.8 Å². The van der Waals surface area contributed by atoms with Crippen LogP contribution in [0.25, 0.3) is 0 Å². The Morgan fingerprint density at radius 1 is 1.41 bits per heavy atom. The largest absolute Gasteiger partial charge is 0.481 e. The highest BCUT2D eigenvalue weighted by atomic mass is 32.1. The van der Waals surface area contributed by atoms with Crippen molar-refractivity contribution >= 4 is 22.2 Å². The van der Waals surface area contributed by atoms with E-state index < -0.39 is 6.10 Å². The fourth-order valence-electron chi connectivity index (χ4n) is 3.42. The molecule has 142 valence electrons. The van der Waals surface area contributed by atoms with Gasteiger partial charge in [-0.05, 0) is 74.3 Å². The zero-order chi connectivity index (χ0) is 19.6. The Morgan fingerprint density at radius 2 is 2.19 bits per heavy atom. The van der Waals surface area contributed by atoms with Crippen LogP contribution in [0, 0.1) is 31.1 Å². The minimum Gasteiger partial charge on any atom is -0.481 e. The Hall–Kier alpha value is -2.32. The molecule has 0 saturated heterocycles. The molecule has 2 atom stereocenters. The average molecular weight is 383 g/mol. The van der Waals surface area contributed by atoms with Gasteiger partial charge in [-0.15, -0.1) is 11.3 Å². The molecule has 0 unspecified atom stereocenters. The SMILES string of the molecule is CC[C@@H](Oc1ccc(C)c(C)c1)C(=O)Nc1sc2c(c1C#N)CC[C@H](C)C2. The van der Waals surface area contributed by atoms with Gasteiger partial charge in [0.25, 0.3) is 5.91 Å². The average Bonchev–Trinajstić information content (AvgIpc) is 2.98. The number of carbonyl (C=O) groups excluding carboxylic acids is 1. The van der Waals surface area contributed by atoms with E-state index >= 15 is 0 Å². The second-order valence-corrected chi connectivity index (χ2v) is 8.52. The molecule has 0 bridgehead atoms. The maximum absolute atomic E-state index is 12.8. The summed E-state index contributed by atoms with van der Waals surface area (Å²) in [6, 6.07) is 8.15. The second-order valence-electron chi connectivity index (χ2n) is 7.42. The van der Waals surface area contributed by atoms with Gasteiger partial charge in [-0.3, -0.25) is 4.79 Å². The number of benzene rings is 1. The molecule has 0 spiro atoms. The van der Waals surface area contributed by atoms with E-state index in [1.165, 1.54) is 10.4 Å². The summed E-state index contributed by atoms with van der Waals surface area (Å²) < 4.78 is 5.94. The first-order valence-corrected chi connectivity index (χ1v) is 10.3. The van der Waals surface area contributed by atoms with E-state index in [9.17, 15) is 10.1 Å². The highest BCUT2D eigenvalue weighted by Gasteiger charge is 2.26. The predicted molar refractivity (Wildman–Crippen MR) is 109 cm³/mol. The lowest BCUT2D eigenvalue weighted by atomic mass is 9.88. The van der Waals surface area contributed by atoms with E-state index in [0.29, 0.717) is 28.7 Å². The number of rotatable bonds is 5. The molecule has 27 heavy (non-hydrogen) atoms. The number of anilines is 1. The summed E-state index contributed by atoms with van der Waals surface area (Å²) in [7, 11) is 0. The molecule has 1 heterocycles. The van der Waals surface area contributed by atoms with Crippen LogP contribution in [0.4, 0.5) is 5.00 Å². The van der Waals surface area contributed by atoms with Gasteiger partial charge in [-0.25, -0.2) is 0 Å². The van der Waals surface area contributed by atoms with Crippen molar-refractivity contribution in [3.63, 3.8) is 0 Å². The van der Waals surface area contributed by atoms with Gasteiger partial charge >= 0.3 is 0 Å². The van der Waals surface area contributed by atoms with E-state index in [1.54, 1.807) is 11.3 Å². The van der Waals surface area contributed by atoms with Gasteiger partial charge in [0.2, 0.25) is 0 Å². The lowest BCUT2D eigenvalue weighted by Gasteiger charge is -2.18. The van der Waals surface area contributed by atoms with E-state index in [4.69, 9.17) is 4.74 Å². The standard InChI is InChI=1S/C22H26N2O2S/c1-5-19(26-16-8-7-14(3)15(4)11-16)21(25)24-22-18(12-23)17-9-6-13(2)10-20(17)27-22/h7-8,11,13,19H,5-6,9-10H2,1-4H3,(H,24,25)/t13-,19+/m0/s1. The Labute approximate surface area is 165 Å². The smallest absolute Gasteiger partial charge is 0.266 e. The molecule has 0 saturated carbocycles. The molecule has 4 nitrogen and oxygen atoms in total. The van der Waals surface area contributed by atoms with Gasteiger partial charge in [-0.1, -0.05) is 19.9 Å². The summed E-state index contributed by atoms with van der Waals surface area (Å²) in [6.07, 6.45) is 2.97. The van der Waals surface area contributed by atoms with Crippen molar-refractivity contribution in [2.75, 3.05) is 5.32 Å². The van der Waals surface area contributed by atoms with Crippen LogP contribution in [0.2, 0.25) is 0 Å². The van der Waals surface area contributed by atoms with Crippen LogP contribution in [-0.4, -0.2) is 12.0 Å². The maximum Gasteiger partial charge on any atom is 0.266 e. The molecule has 1 aliphatic rings. The van der Waals surface area contributed by atoms with Crippen molar-refractivity contribution in [3.8, 4) is 11.8 Å². The van der Waals surface area contributed by atoms with Crippen molar-refractivity contribution in [1.29, 1.82) is 5.26 Å². The first-order valence-electron chi connectivity index (χ1n) is 9.52. The lowest BCUT2D eigenvalue weighted by Crippen LogP contribution is -2.32. The monoisotopic (exact) mass is 382 g/mol. The number of nitriles is 1. The molecule has 1 aliphatic carbocycles. The van der Waals surface area contributed by atoms with Gasteiger partial charge in [-0.2, -0.15) is 5.26 Å². The number of nitrogens with zero attached hydrogens (tertiary/aromatic N) is 1. The van der Waals surface area contributed by atoms with Crippen LogP contribution in [0.5, 0.6) is 5.75 Å². The summed E-state index contributed by atoms with van der Waals surface area (Å²) in [5.74, 6) is 1.13. The van der Waals surface area contributed by atoms with Crippen LogP contribution < -0.4 is 10.1 Å². The predicted octanol–water partition coefficient (Wildman–Crippen LogP) is 5.16. The van der Waals surface area contributed by atoms with Gasteiger partial charge in [0.1, 0.15) is 16.8 Å². The number of aryl methyl sites for hydroxylation is 2. The summed E-state index contributed by atoms with van der Waals surface area (Å²) >= 11 is 1.55. The normalized spacial score (nSPS) is 16.9. The number of nitrogens with one attached hydrogen (secondary N) is 1. The lowest BCUT2D eigenvalue weighted by molar-refractivity contribution is -0.122. The van der Waals surface area contributed by atoms with Gasteiger partial charge in [0.15, 0.2) is 6.10 Å². The van der Waals surface area contributed by atoms with Gasteiger partial charge < -0.3 is 10.1 Å². The number of ether oxygens (including phenoxy) is 1. The summed E-state index contributed by atoms with van der Waals surface area (Å²) in [5.41, 5.74) is 4.08. The molecule has 5 heteroatoms. The molecule has 1 aromatic carbocycles. The minimum atomic E-state index is -0.586. The van der Waals surface area contributed by atoms with E-state index in [0.717, 1.165) is 30.4 Å². The quantitative estimate of drug-likeness (QED) is 0.777. The number of amides is 1. The van der Waals surface area contributed by atoms with E-state index in [1.807, 2.05) is 39.0 Å². The highest BCUT2D eigenvalue weighted by Crippen LogP contribution is 2.39. The number of thiophene rings is 1. The Kier molecular flexibility index (Phi) is 5.86. The van der Waals surface area contributed by atoms with Crippen LogP contribution in [0.15, 0.2) is 18.2 Å². The molecule has 3 rings (SSSR count). The fourth-order valence-corrected chi connectivity index (χ4v) is 4.79. The zero-order valence-electron chi connectivity index (χ0n) is 16.4. The molecule has 1 aromatic heterocycles. The number of carbonyl (C=O) groups is 1. The summed E-state index contributed by atoms with van der Waals surface area (Å²) in [6.45, 7) is 8.24. The third-order valence-electron chi connectivity index (χ3n) is 5.28. The highest BCUT2D eigenvalue weighted by molar-refractivity contribution is 7.16. The summed E-state index contributed by atoms with van der Waals surface area (Å²) in [5, 5.41) is 13.2. The Morgan fingerprint density at radius 3 is 2.85 bits per heavy atom. The first-order chi connectivity index (χ1) is 12.9. The molecule has 1 amide bonds. The van der Waals surface area contributed by atoms with Crippen LogP contribution >= 0.6 is 11.3 Å². The molecule has 1 N–H and O–H groups in total. The summed E-state index contributed by atoms with van der Waals surface area (Å²) in [4.78, 5) is 14.0. The molecule has 2 aromatic rings. The number of hydrogen-bond donors (Lipinski definition) is 1. The molecule has 0 radical (unpaired) electrons. The van der Waals surface area contributed by atoms with Crippen molar-refractivity contribution < 1.29 is 9.53 Å². The fraction of sp³-hybridized carbons (Fsp3) is 0.455. The maximum atomic E-state index is 12.8. The van der Waals surface area contributed by atoms with Gasteiger partial charge in [0.05, 0.1) is 5.56 Å². The Balaban J connectivity index is 1.77.